The van der Waals surface area contributed by atoms with Crippen molar-refractivity contribution in [1.82, 2.24) is 9.62 Å². The molecule has 1 atom stereocenters. The second-order valence-corrected chi connectivity index (χ2v) is 8.93. The number of benzene rings is 2. The summed E-state index contributed by atoms with van der Waals surface area (Å²) in [5, 5.41) is 0. The van der Waals surface area contributed by atoms with Crippen LogP contribution in [-0.2, 0) is 19.6 Å². The van der Waals surface area contributed by atoms with Crippen LogP contribution in [0.15, 0.2) is 59.5 Å². The van der Waals surface area contributed by atoms with Gasteiger partial charge in [0.25, 0.3) is 0 Å². The molecule has 1 fully saturated rings. The Morgan fingerprint density at radius 3 is 2.46 bits per heavy atom. The first-order valence-corrected chi connectivity index (χ1v) is 10.9. The maximum atomic E-state index is 12.5. The van der Waals surface area contributed by atoms with Crippen LogP contribution in [0.25, 0.3) is 0 Å². The molecule has 0 aromatic heterocycles. The molecule has 0 unspecified atom stereocenters. The minimum atomic E-state index is -3.73. The van der Waals surface area contributed by atoms with Crippen molar-refractivity contribution in [3.63, 3.8) is 0 Å². The molecule has 0 aliphatic carbocycles. The zero-order valence-corrected chi connectivity index (χ0v) is 17.0. The molecule has 0 radical (unpaired) electrons. The molecule has 3 rings (SSSR count). The summed E-state index contributed by atoms with van der Waals surface area (Å²) in [7, 11) is -3.73. The Morgan fingerprint density at radius 1 is 1.14 bits per heavy atom. The van der Waals surface area contributed by atoms with Crippen LogP contribution in [-0.4, -0.2) is 45.5 Å². The van der Waals surface area contributed by atoms with Gasteiger partial charge in [-0.1, -0.05) is 56.3 Å². The Hall–Kier alpha value is -2.22. The molecule has 0 spiro atoms. The quantitative estimate of drug-likeness (QED) is 0.806. The van der Waals surface area contributed by atoms with Crippen molar-refractivity contribution in [2.24, 2.45) is 0 Å². The summed E-state index contributed by atoms with van der Waals surface area (Å²) in [5.74, 6) is 0.0665. The number of sulfonamides is 1. The van der Waals surface area contributed by atoms with Crippen molar-refractivity contribution < 1.29 is 17.9 Å². The number of ether oxygens (including phenoxy) is 1. The van der Waals surface area contributed by atoms with Crippen molar-refractivity contribution in [2.45, 2.75) is 30.8 Å². The van der Waals surface area contributed by atoms with Gasteiger partial charge in [-0.15, -0.1) is 0 Å². The summed E-state index contributed by atoms with van der Waals surface area (Å²) in [4.78, 5) is 14.3. The van der Waals surface area contributed by atoms with Crippen LogP contribution >= 0.6 is 0 Å². The molecule has 1 saturated heterocycles. The van der Waals surface area contributed by atoms with Crippen LogP contribution < -0.4 is 4.72 Å². The lowest BCUT2D eigenvalue weighted by Crippen LogP contribution is -2.46. The highest BCUT2D eigenvalue weighted by Crippen LogP contribution is 2.22. The van der Waals surface area contributed by atoms with E-state index < -0.39 is 10.0 Å². The van der Waals surface area contributed by atoms with Crippen LogP contribution in [0.3, 0.4) is 0 Å². The van der Waals surface area contributed by atoms with E-state index in [1.807, 2.05) is 44.2 Å². The van der Waals surface area contributed by atoms with Gasteiger partial charge in [-0.2, -0.15) is 0 Å². The lowest BCUT2D eigenvalue weighted by molar-refractivity contribution is -0.137. The van der Waals surface area contributed by atoms with E-state index in [0.717, 1.165) is 11.1 Å². The Bertz CT molecular complexity index is 896. The number of hydrogen-bond donors (Lipinski definition) is 1. The number of nitrogens with one attached hydrogen (secondary N) is 1. The van der Waals surface area contributed by atoms with Crippen molar-refractivity contribution in [3.8, 4) is 0 Å². The normalized spacial score (nSPS) is 17.7. The van der Waals surface area contributed by atoms with Crippen molar-refractivity contribution >= 4 is 15.9 Å². The molecule has 1 heterocycles. The number of nitrogens with zero attached hydrogens (tertiary/aromatic N) is 1. The van der Waals surface area contributed by atoms with Gasteiger partial charge in [-0.3, -0.25) is 4.79 Å². The lowest BCUT2D eigenvalue weighted by Gasteiger charge is -2.33. The third-order valence-electron chi connectivity index (χ3n) is 4.86. The van der Waals surface area contributed by atoms with Gasteiger partial charge in [0.05, 0.1) is 24.6 Å². The zero-order chi connectivity index (χ0) is 20.1. The predicted molar refractivity (Wildman–Crippen MR) is 107 cm³/mol. The van der Waals surface area contributed by atoms with Crippen LogP contribution in [0.5, 0.6) is 0 Å². The van der Waals surface area contributed by atoms with Gasteiger partial charge in [0, 0.05) is 6.54 Å². The molecule has 150 valence electrons. The van der Waals surface area contributed by atoms with Crippen LogP contribution in [0, 0.1) is 0 Å². The molecule has 0 bridgehead atoms. The van der Waals surface area contributed by atoms with E-state index in [2.05, 4.69) is 4.72 Å². The molecule has 28 heavy (non-hydrogen) atoms. The third-order valence-corrected chi connectivity index (χ3v) is 6.28. The van der Waals surface area contributed by atoms with Gasteiger partial charge < -0.3 is 9.64 Å². The van der Waals surface area contributed by atoms with Crippen molar-refractivity contribution in [2.75, 3.05) is 26.2 Å². The standard InChI is InChI=1S/C21H26N2O4S/c1-16(2)17-8-10-19(11-9-17)28(25,26)22-14-21(24)23-12-13-27-20(15-23)18-6-4-3-5-7-18/h3-11,16,20,22H,12-15H2,1-2H3/t20-/m1/s1. The largest absolute Gasteiger partial charge is 0.370 e. The number of carbonyl (C=O) groups is 1. The predicted octanol–water partition coefficient (Wildman–Crippen LogP) is 2.69. The molecule has 1 aliphatic heterocycles. The smallest absolute Gasteiger partial charge is 0.241 e. The molecule has 7 heteroatoms. The Balaban J connectivity index is 1.59. The van der Waals surface area contributed by atoms with Gasteiger partial charge >= 0.3 is 0 Å². The Labute approximate surface area is 166 Å². The van der Waals surface area contributed by atoms with E-state index in [1.54, 1.807) is 29.2 Å². The molecule has 0 saturated carbocycles. The molecular weight excluding hydrogens is 376 g/mol. The second-order valence-electron chi connectivity index (χ2n) is 7.16. The van der Waals surface area contributed by atoms with Gasteiger partial charge in [-0.25, -0.2) is 13.1 Å². The molecular formula is C21H26N2O4S. The lowest BCUT2D eigenvalue weighted by atomic mass is 10.0. The number of amides is 1. The molecule has 1 aliphatic rings. The molecule has 2 aromatic rings. The highest BCUT2D eigenvalue weighted by atomic mass is 32.2. The topological polar surface area (TPSA) is 75.7 Å². The van der Waals surface area contributed by atoms with Gasteiger partial charge in [0.15, 0.2) is 0 Å². The molecule has 1 amide bonds. The first kappa shape index (κ1) is 20.5. The molecule has 6 nitrogen and oxygen atoms in total. The Kier molecular flexibility index (Phi) is 6.49. The summed E-state index contributed by atoms with van der Waals surface area (Å²) in [6, 6.07) is 16.4. The summed E-state index contributed by atoms with van der Waals surface area (Å²) >= 11 is 0. The fourth-order valence-corrected chi connectivity index (χ4v) is 4.10. The van der Waals surface area contributed by atoms with Crippen molar-refractivity contribution in [3.05, 3.63) is 65.7 Å². The number of morpholine rings is 1. The van der Waals surface area contributed by atoms with Crippen molar-refractivity contribution in [1.29, 1.82) is 0 Å². The third kappa shape index (κ3) is 4.98. The monoisotopic (exact) mass is 402 g/mol. The summed E-state index contributed by atoms with van der Waals surface area (Å²) in [5.41, 5.74) is 2.07. The highest BCUT2D eigenvalue weighted by Gasteiger charge is 2.26. The maximum Gasteiger partial charge on any atom is 0.241 e. The van der Waals surface area contributed by atoms with E-state index >= 15 is 0 Å². The summed E-state index contributed by atoms with van der Waals surface area (Å²) in [6.07, 6.45) is -0.195. The number of carbonyl (C=O) groups excluding carboxylic acids is 1. The second kappa shape index (κ2) is 8.86. The maximum absolute atomic E-state index is 12.5. The van der Waals surface area contributed by atoms with Crippen LogP contribution in [0.1, 0.15) is 37.0 Å². The van der Waals surface area contributed by atoms with E-state index in [0.29, 0.717) is 25.6 Å². The fraction of sp³-hybridized carbons (Fsp3) is 0.381. The number of rotatable bonds is 6. The first-order chi connectivity index (χ1) is 13.4. The fourth-order valence-electron chi connectivity index (χ4n) is 3.13. The average Bonchev–Trinajstić information content (AvgIpc) is 2.73. The summed E-state index contributed by atoms with van der Waals surface area (Å²) < 4.78 is 33.1. The molecule has 2 aromatic carbocycles. The highest BCUT2D eigenvalue weighted by molar-refractivity contribution is 7.89. The number of hydrogen-bond acceptors (Lipinski definition) is 4. The van der Waals surface area contributed by atoms with E-state index in [9.17, 15) is 13.2 Å². The van der Waals surface area contributed by atoms with E-state index in [4.69, 9.17) is 4.74 Å². The zero-order valence-electron chi connectivity index (χ0n) is 16.2. The molecule has 1 N–H and O–H groups in total. The van der Waals surface area contributed by atoms with Gasteiger partial charge in [-0.05, 0) is 29.2 Å². The Morgan fingerprint density at radius 2 is 1.82 bits per heavy atom. The van der Waals surface area contributed by atoms with Gasteiger partial charge in [0.1, 0.15) is 6.10 Å². The summed E-state index contributed by atoms with van der Waals surface area (Å²) in [6.45, 7) is 5.11. The first-order valence-electron chi connectivity index (χ1n) is 9.41. The average molecular weight is 403 g/mol. The minimum absolute atomic E-state index is 0.161. The SMILES string of the molecule is CC(C)c1ccc(S(=O)(=O)NCC(=O)N2CCO[C@@H](c3ccccc3)C2)cc1. The van der Waals surface area contributed by atoms with E-state index in [1.165, 1.54) is 0 Å². The van der Waals surface area contributed by atoms with Crippen LogP contribution in [0.2, 0.25) is 0 Å². The minimum Gasteiger partial charge on any atom is -0.370 e. The van der Waals surface area contributed by atoms with Gasteiger partial charge in [0.2, 0.25) is 15.9 Å². The van der Waals surface area contributed by atoms with E-state index in [-0.39, 0.29) is 23.5 Å². The van der Waals surface area contributed by atoms with Crippen LogP contribution in [0.4, 0.5) is 0 Å².